The molecule has 0 bridgehead atoms. The van der Waals surface area contributed by atoms with E-state index < -0.39 is 0 Å². The third-order valence-electron chi connectivity index (χ3n) is 4.42. The molecule has 3 rings (SSSR count). The Morgan fingerprint density at radius 2 is 1.86 bits per heavy atom. The second-order valence-corrected chi connectivity index (χ2v) is 6.18. The van der Waals surface area contributed by atoms with Crippen LogP contribution < -0.4 is 9.47 Å². The van der Waals surface area contributed by atoms with Crippen molar-refractivity contribution in [1.82, 2.24) is 4.90 Å². The van der Waals surface area contributed by atoms with E-state index in [1.54, 1.807) is 14.2 Å². The van der Waals surface area contributed by atoms with E-state index in [4.69, 9.17) is 19.2 Å². The number of methoxy groups -OCH3 is 2. The lowest BCUT2D eigenvalue weighted by Gasteiger charge is -2.29. The van der Waals surface area contributed by atoms with Gasteiger partial charge in [-0.1, -0.05) is 13.8 Å². The highest BCUT2D eigenvalue weighted by atomic mass is 16.5. The van der Waals surface area contributed by atoms with Gasteiger partial charge in [0, 0.05) is 13.1 Å². The molecule has 0 unspecified atom stereocenters. The molecule has 0 saturated carbocycles. The van der Waals surface area contributed by atoms with Gasteiger partial charge in [-0.05, 0) is 35.6 Å². The summed E-state index contributed by atoms with van der Waals surface area (Å²) in [4.78, 5) is 6.94. The van der Waals surface area contributed by atoms with Crippen LogP contribution in [0, 0.1) is 5.92 Å². The first kappa shape index (κ1) is 15.0. The summed E-state index contributed by atoms with van der Waals surface area (Å²) in [5.74, 6) is 2.08. The van der Waals surface area contributed by atoms with Gasteiger partial charge in [-0.3, -0.25) is 0 Å². The Morgan fingerprint density at radius 1 is 1.18 bits per heavy atom. The van der Waals surface area contributed by atoms with E-state index in [9.17, 15) is 0 Å². The lowest BCUT2D eigenvalue weighted by molar-refractivity contribution is 0.232. The van der Waals surface area contributed by atoms with Crippen LogP contribution in [0.4, 0.5) is 0 Å². The Balaban J connectivity index is 1.81. The molecule has 0 radical (unpaired) electrons. The lowest BCUT2D eigenvalue weighted by Crippen LogP contribution is -2.36. The summed E-state index contributed by atoms with van der Waals surface area (Å²) in [6.07, 6.45) is 0.963. The number of aliphatic imine (C=N–C) groups is 1. The third kappa shape index (κ3) is 2.72. The topological polar surface area (TPSA) is 43.3 Å². The van der Waals surface area contributed by atoms with Gasteiger partial charge in [-0.2, -0.15) is 0 Å². The Morgan fingerprint density at radius 3 is 2.45 bits per heavy atom. The van der Waals surface area contributed by atoms with Gasteiger partial charge in [0.15, 0.2) is 11.5 Å². The molecule has 0 N–H and O–H groups in total. The van der Waals surface area contributed by atoms with Crippen LogP contribution >= 0.6 is 0 Å². The van der Waals surface area contributed by atoms with Crippen LogP contribution in [0.25, 0.3) is 0 Å². The minimum Gasteiger partial charge on any atom is -0.493 e. The first-order valence-electron chi connectivity index (χ1n) is 7.81. The van der Waals surface area contributed by atoms with Crippen LogP contribution in [0.2, 0.25) is 0 Å². The first-order chi connectivity index (χ1) is 10.6. The van der Waals surface area contributed by atoms with E-state index in [0.717, 1.165) is 37.0 Å². The van der Waals surface area contributed by atoms with E-state index in [1.807, 2.05) is 0 Å². The number of nitrogens with zero attached hydrogens (tertiary/aromatic N) is 2. The van der Waals surface area contributed by atoms with Crippen LogP contribution in [0.5, 0.6) is 11.5 Å². The molecule has 0 aromatic heterocycles. The van der Waals surface area contributed by atoms with E-state index >= 15 is 0 Å². The van der Waals surface area contributed by atoms with Crippen LogP contribution in [0.1, 0.15) is 25.0 Å². The second kappa shape index (κ2) is 6.07. The maximum absolute atomic E-state index is 5.80. The lowest BCUT2D eigenvalue weighted by atomic mass is 9.99. The van der Waals surface area contributed by atoms with Crippen molar-refractivity contribution in [2.24, 2.45) is 10.9 Å². The zero-order valence-corrected chi connectivity index (χ0v) is 13.8. The van der Waals surface area contributed by atoms with Gasteiger partial charge in [-0.25, -0.2) is 4.99 Å². The summed E-state index contributed by atoms with van der Waals surface area (Å²) in [5.41, 5.74) is 2.57. The molecule has 0 saturated heterocycles. The molecule has 1 aromatic rings. The number of benzene rings is 1. The molecular weight excluding hydrogens is 280 g/mol. The van der Waals surface area contributed by atoms with Gasteiger partial charge in [0.05, 0.1) is 20.3 Å². The fraction of sp³-hybridized carbons (Fsp3) is 0.588. The summed E-state index contributed by atoms with van der Waals surface area (Å²) >= 11 is 0. The molecule has 5 nitrogen and oxygen atoms in total. The zero-order chi connectivity index (χ0) is 15.7. The van der Waals surface area contributed by atoms with E-state index in [1.165, 1.54) is 11.1 Å². The molecule has 5 heteroatoms. The number of rotatable bonds is 3. The summed E-state index contributed by atoms with van der Waals surface area (Å²) in [5, 5.41) is 0. The summed E-state index contributed by atoms with van der Waals surface area (Å²) in [6.45, 7) is 6.79. The largest absolute Gasteiger partial charge is 0.493 e. The molecule has 120 valence electrons. The van der Waals surface area contributed by atoms with Crippen molar-refractivity contribution in [2.75, 3.05) is 27.4 Å². The smallest absolute Gasteiger partial charge is 0.288 e. The molecule has 22 heavy (non-hydrogen) atoms. The fourth-order valence-electron chi connectivity index (χ4n) is 2.94. The van der Waals surface area contributed by atoms with Crippen LogP contribution in [0.3, 0.4) is 0 Å². The maximum Gasteiger partial charge on any atom is 0.288 e. The van der Waals surface area contributed by atoms with Crippen molar-refractivity contribution in [3.63, 3.8) is 0 Å². The van der Waals surface area contributed by atoms with Crippen molar-refractivity contribution < 1.29 is 14.2 Å². The highest BCUT2D eigenvalue weighted by Gasteiger charge is 2.28. The average Bonchev–Trinajstić information content (AvgIpc) is 3.03. The summed E-state index contributed by atoms with van der Waals surface area (Å²) in [7, 11) is 3.34. The van der Waals surface area contributed by atoms with Gasteiger partial charge in [-0.15, -0.1) is 0 Å². The maximum atomic E-state index is 5.80. The van der Waals surface area contributed by atoms with Crippen molar-refractivity contribution in [2.45, 2.75) is 32.9 Å². The quantitative estimate of drug-likeness (QED) is 0.860. The molecule has 2 aliphatic heterocycles. The van der Waals surface area contributed by atoms with Gasteiger partial charge in [0.1, 0.15) is 6.61 Å². The Kier molecular flexibility index (Phi) is 4.14. The minimum atomic E-state index is 0.279. The molecule has 0 fully saturated rings. The van der Waals surface area contributed by atoms with Gasteiger partial charge < -0.3 is 19.1 Å². The Bertz CT molecular complexity index is 584. The van der Waals surface area contributed by atoms with E-state index in [2.05, 4.69) is 30.9 Å². The standard InChI is InChI=1S/C17H24N2O3/c1-11(2)14-10-22-17(18-14)19-6-5-12-7-15(20-3)16(21-4)8-13(12)9-19/h7-8,11,14H,5-6,9-10H2,1-4H3/t14-/m1/s1. The summed E-state index contributed by atoms with van der Waals surface area (Å²) < 4.78 is 16.6. The van der Waals surface area contributed by atoms with Crippen LogP contribution in [-0.4, -0.2) is 44.3 Å². The molecule has 1 aromatic carbocycles. The van der Waals surface area contributed by atoms with E-state index in [-0.39, 0.29) is 6.04 Å². The van der Waals surface area contributed by atoms with Gasteiger partial charge >= 0.3 is 0 Å². The number of hydrogen-bond donors (Lipinski definition) is 0. The SMILES string of the molecule is COc1cc2c(cc1OC)CN(C1=N[C@@H](C(C)C)CO1)CC2. The number of ether oxygens (including phenoxy) is 3. The van der Waals surface area contributed by atoms with Crippen LogP contribution in [0.15, 0.2) is 17.1 Å². The first-order valence-corrected chi connectivity index (χ1v) is 7.81. The zero-order valence-electron chi connectivity index (χ0n) is 13.8. The van der Waals surface area contributed by atoms with Crippen molar-refractivity contribution >= 4 is 6.02 Å². The Hall–Kier alpha value is -1.91. The molecule has 2 heterocycles. The molecular formula is C17H24N2O3. The molecule has 1 atom stereocenters. The molecule has 0 aliphatic carbocycles. The number of fused-ring (bicyclic) bond motifs is 1. The number of amidine groups is 1. The second-order valence-electron chi connectivity index (χ2n) is 6.18. The molecule has 0 spiro atoms. The highest BCUT2D eigenvalue weighted by Crippen LogP contribution is 2.33. The number of hydrogen-bond acceptors (Lipinski definition) is 5. The van der Waals surface area contributed by atoms with Crippen LogP contribution in [-0.2, 0) is 17.7 Å². The van der Waals surface area contributed by atoms with Gasteiger partial charge in [0.25, 0.3) is 6.02 Å². The fourth-order valence-corrected chi connectivity index (χ4v) is 2.94. The minimum absolute atomic E-state index is 0.279. The van der Waals surface area contributed by atoms with Gasteiger partial charge in [0.2, 0.25) is 0 Å². The summed E-state index contributed by atoms with van der Waals surface area (Å²) in [6, 6.07) is 5.22. The predicted molar refractivity (Wildman–Crippen MR) is 85.7 cm³/mol. The van der Waals surface area contributed by atoms with Crippen molar-refractivity contribution in [3.8, 4) is 11.5 Å². The molecule has 0 amide bonds. The third-order valence-corrected chi connectivity index (χ3v) is 4.42. The Labute approximate surface area is 131 Å². The highest BCUT2D eigenvalue weighted by molar-refractivity contribution is 5.76. The van der Waals surface area contributed by atoms with Crippen molar-refractivity contribution in [3.05, 3.63) is 23.3 Å². The average molecular weight is 304 g/mol. The van der Waals surface area contributed by atoms with Crippen molar-refractivity contribution in [1.29, 1.82) is 0 Å². The predicted octanol–water partition coefficient (Wildman–Crippen LogP) is 2.47. The molecule has 2 aliphatic rings. The van der Waals surface area contributed by atoms with E-state index in [0.29, 0.717) is 12.5 Å². The monoisotopic (exact) mass is 304 g/mol. The normalized spacial score (nSPS) is 20.5.